The van der Waals surface area contributed by atoms with Crippen LogP contribution in [-0.4, -0.2) is 41.1 Å². The van der Waals surface area contributed by atoms with Gasteiger partial charge in [0.2, 0.25) is 5.91 Å². The van der Waals surface area contributed by atoms with Crippen LogP contribution in [0.1, 0.15) is 46.1 Å². The summed E-state index contributed by atoms with van der Waals surface area (Å²) in [5.74, 6) is -1.45. The first-order chi connectivity index (χ1) is 12.7. The third kappa shape index (κ3) is 5.67. The fraction of sp³-hybridized carbons (Fsp3) is 0.476. The molecule has 0 unspecified atom stereocenters. The largest absolute Gasteiger partial charge is 0.464 e. The number of ether oxygens (including phenoxy) is 2. The van der Waals surface area contributed by atoms with E-state index in [1.807, 2.05) is 42.5 Å². The monoisotopic (exact) mass is 373 g/mol. The lowest BCUT2D eigenvalue weighted by molar-refractivity contribution is -0.151. The molecule has 0 N–H and O–H groups in total. The molecule has 2 atom stereocenters. The SMILES string of the molecule is CCOC(=O)[C@@H]1C[C@@H](C/C=C/c2ccccc2)C(=O)N1C(=O)OC(C)(C)C. The molecule has 1 aromatic rings. The van der Waals surface area contributed by atoms with E-state index in [-0.39, 0.29) is 13.0 Å². The van der Waals surface area contributed by atoms with Crippen molar-refractivity contribution in [3.63, 3.8) is 0 Å². The van der Waals surface area contributed by atoms with Gasteiger partial charge in [0.1, 0.15) is 11.6 Å². The molecule has 27 heavy (non-hydrogen) atoms. The van der Waals surface area contributed by atoms with Gasteiger partial charge in [-0.05, 0) is 46.1 Å². The first-order valence-corrected chi connectivity index (χ1v) is 9.17. The average Bonchev–Trinajstić information content (AvgIpc) is 2.91. The van der Waals surface area contributed by atoms with Gasteiger partial charge < -0.3 is 9.47 Å². The Morgan fingerprint density at radius 3 is 2.48 bits per heavy atom. The Kier molecular flexibility index (Phi) is 6.77. The lowest BCUT2D eigenvalue weighted by Crippen LogP contribution is -2.46. The van der Waals surface area contributed by atoms with Crippen molar-refractivity contribution in [1.29, 1.82) is 0 Å². The molecular weight excluding hydrogens is 346 g/mol. The minimum absolute atomic E-state index is 0.185. The van der Waals surface area contributed by atoms with Gasteiger partial charge in [-0.2, -0.15) is 0 Å². The Morgan fingerprint density at radius 2 is 1.89 bits per heavy atom. The highest BCUT2D eigenvalue weighted by Gasteiger charge is 2.48. The standard InChI is InChI=1S/C21H27NO5/c1-5-26-19(24)17-14-16(13-9-12-15-10-7-6-8-11-15)18(23)22(17)20(25)27-21(2,3)4/h6-12,16-17H,5,13-14H2,1-4H3/b12-9+/t16-,17+/m1/s1. The minimum Gasteiger partial charge on any atom is -0.464 e. The van der Waals surface area contributed by atoms with Gasteiger partial charge >= 0.3 is 12.1 Å². The van der Waals surface area contributed by atoms with E-state index in [0.29, 0.717) is 6.42 Å². The minimum atomic E-state index is -0.942. The summed E-state index contributed by atoms with van der Waals surface area (Å²) < 4.78 is 10.4. The first kappa shape index (κ1) is 20.7. The van der Waals surface area contributed by atoms with Gasteiger partial charge in [0, 0.05) is 5.92 Å². The molecule has 2 amide bonds. The molecule has 146 valence electrons. The summed E-state index contributed by atoms with van der Waals surface area (Å²) in [6.07, 6.45) is 3.67. The summed E-state index contributed by atoms with van der Waals surface area (Å²) in [5, 5.41) is 0. The number of hydrogen-bond donors (Lipinski definition) is 0. The van der Waals surface area contributed by atoms with Crippen LogP contribution in [0.5, 0.6) is 0 Å². The van der Waals surface area contributed by atoms with Gasteiger partial charge in [-0.3, -0.25) is 4.79 Å². The zero-order valence-corrected chi connectivity index (χ0v) is 16.3. The lowest BCUT2D eigenvalue weighted by Gasteiger charge is -2.26. The number of carbonyl (C=O) groups is 3. The molecule has 1 aromatic carbocycles. The van der Waals surface area contributed by atoms with Crippen molar-refractivity contribution in [2.45, 2.75) is 52.2 Å². The van der Waals surface area contributed by atoms with Crippen LogP contribution in [0, 0.1) is 5.92 Å². The number of imide groups is 1. The molecule has 1 aliphatic heterocycles. The second-order valence-corrected chi connectivity index (χ2v) is 7.44. The van der Waals surface area contributed by atoms with Gasteiger partial charge in [-0.15, -0.1) is 0 Å². The first-order valence-electron chi connectivity index (χ1n) is 9.17. The number of allylic oxidation sites excluding steroid dienone is 1. The molecule has 0 spiro atoms. The molecule has 0 aliphatic carbocycles. The molecule has 0 radical (unpaired) electrons. The van der Waals surface area contributed by atoms with Gasteiger partial charge in [-0.1, -0.05) is 42.5 Å². The predicted octanol–water partition coefficient (Wildman–Crippen LogP) is 3.81. The van der Waals surface area contributed by atoms with Gasteiger partial charge in [0.15, 0.2) is 0 Å². The molecule has 0 bridgehead atoms. The van der Waals surface area contributed by atoms with Crippen LogP contribution in [0.2, 0.25) is 0 Å². The maximum absolute atomic E-state index is 12.8. The molecule has 0 saturated carbocycles. The Morgan fingerprint density at radius 1 is 1.22 bits per heavy atom. The van der Waals surface area contributed by atoms with Gasteiger partial charge in [-0.25, -0.2) is 14.5 Å². The molecule has 1 aliphatic rings. The molecular formula is C21H27NO5. The molecule has 1 heterocycles. The Bertz CT molecular complexity index is 705. The van der Waals surface area contributed by atoms with E-state index in [2.05, 4.69) is 0 Å². The number of nitrogens with zero attached hydrogens (tertiary/aromatic N) is 1. The summed E-state index contributed by atoms with van der Waals surface area (Å²) in [5.41, 5.74) is 0.260. The van der Waals surface area contributed by atoms with Crippen molar-refractivity contribution in [1.82, 2.24) is 4.90 Å². The van der Waals surface area contributed by atoms with E-state index >= 15 is 0 Å². The smallest absolute Gasteiger partial charge is 0.417 e. The van der Waals surface area contributed by atoms with Crippen LogP contribution in [0.15, 0.2) is 36.4 Å². The van der Waals surface area contributed by atoms with Crippen molar-refractivity contribution >= 4 is 24.0 Å². The van der Waals surface area contributed by atoms with Crippen molar-refractivity contribution in [2.24, 2.45) is 5.92 Å². The highest BCUT2D eigenvalue weighted by molar-refractivity contribution is 6.00. The third-order valence-electron chi connectivity index (χ3n) is 4.09. The van der Waals surface area contributed by atoms with Crippen LogP contribution in [0.4, 0.5) is 4.79 Å². The molecule has 2 rings (SSSR count). The maximum atomic E-state index is 12.8. The lowest BCUT2D eigenvalue weighted by atomic mass is 10.0. The summed E-state index contributed by atoms with van der Waals surface area (Å²) in [7, 11) is 0. The van der Waals surface area contributed by atoms with E-state index in [1.165, 1.54) is 0 Å². The van der Waals surface area contributed by atoms with Crippen LogP contribution >= 0.6 is 0 Å². The Hall–Kier alpha value is -2.63. The number of hydrogen-bond acceptors (Lipinski definition) is 5. The molecule has 1 fully saturated rings. The van der Waals surface area contributed by atoms with Gasteiger partial charge in [0.05, 0.1) is 6.61 Å². The van der Waals surface area contributed by atoms with Gasteiger partial charge in [0.25, 0.3) is 0 Å². The van der Waals surface area contributed by atoms with E-state index in [0.717, 1.165) is 10.5 Å². The second-order valence-electron chi connectivity index (χ2n) is 7.44. The summed E-state index contributed by atoms with van der Waals surface area (Å²) in [6.45, 7) is 7.01. The average molecular weight is 373 g/mol. The normalized spacial score (nSPS) is 20.1. The summed E-state index contributed by atoms with van der Waals surface area (Å²) in [4.78, 5) is 38.5. The third-order valence-corrected chi connectivity index (χ3v) is 4.09. The summed E-state index contributed by atoms with van der Waals surface area (Å²) in [6, 6.07) is 8.77. The zero-order valence-electron chi connectivity index (χ0n) is 16.3. The maximum Gasteiger partial charge on any atom is 0.417 e. The quantitative estimate of drug-likeness (QED) is 0.734. The molecule has 6 nitrogen and oxygen atoms in total. The second kappa shape index (κ2) is 8.84. The Balaban J connectivity index is 2.13. The van der Waals surface area contributed by atoms with Crippen LogP contribution in [-0.2, 0) is 19.1 Å². The Labute approximate surface area is 160 Å². The van der Waals surface area contributed by atoms with E-state index in [4.69, 9.17) is 9.47 Å². The van der Waals surface area contributed by atoms with E-state index < -0.39 is 35.5 Å². The predicted molar refractivity (Wildman–Crippen MR) is 102 cm³/mol. The van der Waals surface area contributed by atoms with Crippen molar-refractivity contribution < 1.29 is 23.9 Å². The number of esters is 1. The topological polar surface area (TPSA) is 72.9 Å². The molecule has 1 saturated heterocycles. The molecule has 6 heteroatoms. The van der Waals surface area contributed by atoms with Crippen LogP contribution in [0.3, 0.4) is 0 Å². The zero-order chi connectivity index (χ0) is 20.0. The number of carbonyl (C=O) groups excluding carboxylic acids is 3. The van der Waals surface area contributed by atoms with Crippen LogP contribution < -0.4 is 0 Å². The number of benzene rings is 1. The van der Waals surface area contributed by atoms with E-state index in [9.17, 15) is 14.4 Å². The molecule has 0 aromatic heterocycles. The van der Waals surface area contributed by atoms with Crippen molar-refractivity contribution in [2.75, 3.05) is 6.61 Å². The highest BCUT2D eigenvalue weighted by atomic mass is 16.6. The number of likely N-dealkylation sites (tertiary alicyclic amines) is 1. The van der Waals surface area contributed by atoms with E-state index in [1.54, 1.807) is 27.7 Å². The number of amides is 2. The fourth-order valence-corrected chi connectivity index (χ4v) is 2.92. The summed E-state index contributed by atoms with van der Waals surface area (Å²) >= 11 is 0. The van der Waals surface area contributed by atoms with Crippen LogP contribution in [0.25, 0.3) is 6.08 Å². The highest BCUT2D eigenvalue weighted by Crippen LogP contribution is 2.30. The fourth-order valence-electron chi connectivity index (χ4n) is 2.92. The number of rotatable bonds is 5. The van der Waals surface area contributed by atoms with Crippen molar-refractivity contribution in [3.05, 3.63) is 42.0 Å². The van der Waals surface area contributed by atoms with Crippen molar-refractivity contribution in [3.8, 4) is 0 Å².